The predicted octanol–water partition coefficient (Wildman–Crippen LogP) is 3.95. The first kappa shape index (κ1) is 21.0. The lowest BCUT2D eigenvalue weighted by Gasteiger charge is -2.44. The molecule has 0 spiro atoms. The summed E-state index contributed by atoms with van der Waals surface area (Å²) in [7, 11) is 0. The molecule has 3 rings (SSSR count). The fourth-order valence-electron chi connectivity index (χ4n) is 4.13. The summed E-state index contributed by atoms with van der Waals surface area (Å²) in [5, 5.41) is 19.4. The Bertz CT molecular complexity index is 812. The molecule has 28 heavy (non-hydrogen) atoms. The Kier molecular flexibility index (Phi) is 6.53. The highest BCUT2D eigenvalue weighted by atomic mass is 79.9. The Labute approximate surface area is 173 Å². The second-order valence-electron chi connectivity index (χ2n) is 7.57. The highest BCUT2D eigenvalue weighted by Crippen LogP contribution is 2.42. The topological polar surface area (TPSA) is 60.8 Å². The third-order valence-corrected chi connectivity index (χ3v) is 6.28. The van der Waals surface area contributed by atoms with E-state index in [0.29, 0.717) is 13.0 Å². The van der Waals surface area contributed by atoms with Gasteiger partial charge in [-0.1, -0.05) is 40.2 Å². The number of piperidine rings is 1. The number of amides is 1. The van der Waals surface area contributed by atoms with Gasteiger partial charge in [-0.2, -0.15) is 0 Å². The minimum absolute atomic E-state index is 0.00358. The van der Waals surface area contributed by atoms with Crippen molar-refractivity contribution in [1.82, 2.24) is 4.90 Å². The minimum Gasteiger partial charge on any atom is -0.394 e. The van der Waals surface area contributed by atoms with Crippen LogP contribution in [0.3, 0.4) is 0 Å². The van der Waals surface area contributed by atoms with Crippen molar-refractivity contribution >= 4 is 21.8 Å². The van der Waals surface area contributed by atoms with Gasteiger partial charge in [0.05, 0.1) is 18.8 Å². The van der Waals surface area contributed by atoms with Gasteiger partial charge in [-0.15, -0.1) is 0 Å². The Morgan fingerprint density at radius 3 is 2.39 bits per heavy atom. The van der Waals surface area contributed by atoms with Crippen LogP contribution in [0.4, 0.5) is 4.39 Å². The molecule has 1 aliphatic rings. The van der Waals surface area contributed by atoms with Crippen molar-refractivity contribution in [3.8, 4) is 0 Å². The molecule has 0 aromatic heterocycles. The summed E-state index contributed by atoms with van der Waals surface area (Å²) < 4.78 is 14.4. The minimum atomic E-state index is -0.923. The number of halogens is 2. The van der Waals surface area contributed by atoms with Gasteiger partial charge >= 0.3 is 0 Å². The van der Waals surface area contributed by atoms with Crippen molar-refractivity contribution in [2.45, 2.75) is 43.7 Å². The van der Waals surface area contributed by atoms with E-state index in [0.717, 1.165) is 15.6 Å². The summed E-state index contributed by atoms with van der Waals surface area (Å²) in [5.41, 5.74) is 1.27. The summed E-state index contributed by atoms with van der Waals surface area (Å²) in [4.78, 5) is 15.0. The van der Waals surface area contributed by atoms with Gasteiger partial charge in [0.15, 0.2) is 0 Å². The van der Waals surface area contributed by atoms with E-state index in [1.165, 1.54) is 12.1 Å². The zero-order valence-electron chi connectivity index (χ0n) is 15.8. The molecule has 1 amide bonds. The highest BCUT2D eigenvalue weighted by molar-refractivity contribution is 9.10. The SMILES string of the molecule is C[C@H](c1ccc(Br)cc1)N1CC[C@@](C[C@@H](O)CO)(c2ccc(F)cc2)CC1=O. The average Bonchev–Trinajstić information content (AvgIpc) is 2.68. The van der Waals surface area contributed by atoms with Crippen LogP contribution in [0.5, 0.6) is 0 Å². The number of nitrogens with zero attached hydrogens (tertiary/aromatic N) is 1. The Morgan fingerprint density at radius 1 is 1.18 bits per heavy atom. The van der Waals surface area contributed by atoms with Gasteiger partial charge in [0.25, 0.3) is 0 Å². The third-order valence-electron chi connectivity index (χ3n) is 5.75. The molecule has 2 aromatic carbocycles. The van der Waals surface area contributed by atoms with E-state index in [2.05, 4.69) is 15.9 Å². The van der Waals surface area contributed by atoms with Crippen LogP contribution in [0.15, 0.2) is 53.0 Å². The molecule has 1 fully saturated rings. The van der Waals surface area contributed by atoms with Crippen LogP contribution >= 0.6 is 15.9 Å². The maximum absolute atomic E-state index is 13.4. The quantitative estimate of drug-likeness (QED) is 0.701. The van der Waals surface area contributed by atoms with Crippen molar-refractivity contribution in [2.24, 2.45) is 0 Å². The van der Waals surface area contributed by atoms with Gasteiger partial charge in [0.1, 0.15) is 5.82 Å². The summed E-state index contributed by atoms with van der Waals surface area (Å²) >= 11 is 3.43. The van der Waals surface area contributed by atoms with Crippen LogP contribution < -0.4 is 0 Å². The second kappa shape index (κ2) is 8.72. The van der Waals surface area contributed by atoms with Crippen LogP contribution in [0.1, 0.15) is 43.4 Å². The predicted molar refractivity (Wildman–Crippen MR) is 109 cm³/mol. The summed E-state index contributed by atoms with van der Waals surface area (Å²) in [6.07, 6.45) is 0.202. The lowest BCUT2D eigenvalue weighted by atomic mass is 9.68. The molecular weight excluding hydrogens is 425 g/mol. The molecule has 0 saturated carbocycles. The van der Waals surface area contributed by atoms with Crippen molar-refractivity contribution in [3.05, 3.63) is 69.9 Å². The highest BCUT2D eigenvalue weighted by Gasteiger charge is 2.42. The van der Waals surface area contributed by atoms with Crippen molar-refractivity contribution < 1.29 is 19.4 Å². The molecule has 1 heterocycles. The first-order chi connectivity index (χ1) is 13.3. The third kappa shape index (κ3) is 4.45. The molecule has 1 aliphatic heterocycles. The smallest absolute Gasteiger partial charge is 0.223 e. The van der Waals surface area contributed by atoms with E-state index < -0.39 is 11.5 Å². The molecule has 2 N–H and O–H groups in total. The number of aliphatic hydroxyl groups excluding tert-OH is 2. The second-order valence-corrected chi connectivity index (χ2v) is 8.48. The van der Waals surface area contributed by atoms with Crippen molar-refractivity contribution in [3.63, 3.8) is 0 Å². The maximum Gasteiger partial charge on any atom is 0.223 e. The standard InChI is InChI=1S/C22H25BrFNO3/c1-15(16-2-6-18(23)7-3-16)25-11-10-22(13-21(25)28,12-20(27)14-26)17-4-8-19(24)9-5-17/h2-9,15,20,26-27H,10-14H2,1H3/t15-,20-,22+/m1/s1. The number of carbonyl (C=O) groups is 1. The zero-order chi connectivity index (χ0) is 20.3. The van der Waals surface area contributed by atoms with E-state index in [1.807, 2.05) is 36.1 Å². The van der Waals surface area contributed by atoms with E-state index in [9.17, 15) is 19.4 Å². The number of carbonyl (C=O) groups excluding carboxylic acids is 1. The normalized spacial score (nSPS) is 22.2. The fraction of sp³-hybridized carbons (Fsp3) is 0.409. The summed E-state index contributed by atoms with van der Waals surface area (Å²) in [6, 6.07) is 14.0. The number of rotatable bonds is 6. The molecule has 6 heteroatoms. The maximum atomic E-state index is 13.4. The molecule has 1 saturated heterocycles. The van der Waals surface area contributed by atoms with Gasteiger partial charge in [-0.05, 0) is 55.2 Å². The van der Waals surface area contributed by atoms with Gasteiger partial charge in [-0.3, -0.25) is 4.79 Å². The zero-order valence-corrected chi connectivity index (χ0v) is 17.4. The number of aliphatic hydroxyl groups is 2. The summed E-state index contributed by atoms with van der Waals surface area (Å²) in [5.74, 6) is -0.342. The van der Waals surface area contributed by atoms with E-state index in [-0.39, 0.29) is 37.2 Å². The first-order valence-electron chi connectivity index (χ1n) is 9.44. The largest absolute Gasteiger partial charge is 0.394 e. The Balaban J connectivity index is 1.84. The van der Waals surface area contributed by atoms with Crippen LogP contribution in [-0.2, 0) is 10.2 Å². The van der Waals surface area contributed by atoms with Crippen molar-refractivity contribution in [1.29, 1.82) is 0 Å². The van der Waals surface area contributed by atoms with Crippen LogP contribution in [-0.4, -0.2) is 40.3 Å². The molecule has 150 valence electrons. The van der Waals surface area contributed by atoms with E-state index >= 15 is 0 Å². The van der Waals surface area contributed by atoms with Gasteiger partial charge in [0, 0.05) is 22.9 Å². The number of hydrogen-bond acceptors (Lipinski definition) is 3. The molecule has 2 aromatic rings. The van der Waals surface area contributed by atoms with Crippen LogP contribution in [0.2, 0.25) is 0 Å². The molecule has 0 bridgehead atoms. The lowest BCUT2D eigenvalue weighted by molar-refractivity contribution is -0.139. The number of benzene rings is 2. The molecule has 0 unspecified atom stereocenters. The first-order valence-corrected chi connectivity index (χ1v) is 10.2. The van der Waals surface area contributed by atoms with Crippen molar-refractivity contribution in [2.75, 3.05) is 13.2 Å². The van der Waals surface area contributed by atoms with Crippen LogP contribution in [0, 0.1) is 5.82 Å². The van der Waals surface area contributed by atoms with E-state index in [4.69, 9.17) is 0 Å². The van der Waals surface area contributed by atoms with E-state index in [1.54, 1.807) is 12.1 Å². The van der Waals surface area contributed by atoms with Crippen LogP contribution in [0.25, 0.3) is 0 Å². The van der Waals surface area contributed by atoms with Gasteiger partial charge in [-0.25, -0.2) is 4.39 Å². The molecular formula is C22H25BrFNO3. The van der Waals surface area contributed by atoms with Gasteiger partial charge < -0.3 is 15.1 Å². The molecule has 0 aliphatic carbocycles. The fourth-order valence-corrected chi connectivity index (χ4v) is 4.39. The monoisotopic (exact) mass is 449 g/mol. The average molecular weight is 450 g/mol. The van der Waals surface area contributed by atoms with Gasteiger partial charge in [0.2, 0.25) is 5.91 Å². The molecule has 3 atom stereocenters. The Morgan fingerprint density at radius 2 is 1.82 bits per heavy atom. The molecule has 0 radical (unpaired) electrons. The summed E-state index contributed by atoms with van der Waals surface area (Å²) in [6.45, 7) is 2.18. The lowest BCUT2D eigenvalue weighted by Crippen LogP contribution is -2.48. The number of likely N-dealkylation sites (tertiary alicyclic amines) is 1. The Hall–Kier alpha value is -1.76. The number of hydrogen-bond donors (Lipinski definition) is 2. The molecule has 4 nitrogen and oxygen atoms in total.